The van der Waals surface area contributed by atoms with E-state index < -0.39 is 10.0 Å². The third kappa shape index (κ3) is 3.93. The second-order valence-corrected chi connectivity index (χ2v) is 10.1. The zero-order valence-corrected chi connectivity index (χ0v) is 16.9. The molecule has 1 N–H and O–H groups in total. The number of aromatic nitrogens is 2. The molecule has 142 valence electrons. The van der Waals surface area contributed by atoms with E-state index in [2.05, 4.69) is 18.9 Å². The van der Waals surface area contributed by atoms with E-state index in [4.69, 9.17) is 0 Å². The minimum Gasteiger partial charge on any atom is -0.316 e. The summed E-state index contributed by atoms with van der Waals surface area (Å²) in [5.74, 6) is 1.42. The molecule has 0 amide bonds. The second-order valence-electron chi connectivity index (χ2n) is 8.18. The minimum absolute atomic E-state index is 0.437. The van der Waals surface area contributed by atoms with Crippen molar-refractivity contribution in [3.8, 4) is 0 Å². The molecular formula is C18H33N4O2S+. The van der Waals surface area contributed by atoms with E-state index in [1.54, 1.807) is 4.31 Å². The van der Waals surface area contributed by atoms with Gasteiger partial charge in [-0.3, -0.25) is 0 Å². The van der Waals surface area contributed by atoms with Gasteiger partial charge in [0.1, 0.15) is 4.90 Å². The van der Waals surface area contributed by atoms with Crippen LogP contribution in [0.1, 0.15) is 50.9 Å². The smallest absolute Gasteiger partial charge is 0.246 e. The lowest BCUT2D eigenvalue weighted by atomic mass is 10.00. The van der Waals surface area contributed by atoms with Crippen molar-refractivity contribution in [2.24, 2.45) is 11.8 Å². The lowest BCUT2D eigenvalue weighted by Crippen LogP contribution is -3.12. The van der Waals surface area contributed by atoms with E-state index in [0.717, 1.165) is 44.2 Å². The minimum atomic E-state index is -3.43. The van der Waals surface area contributed by atoms with Gasteiger partial charge in [-0.05, 0) is 51.4 Å². The standard InChI is InChI=1S/C18H32N4O2S/c1-14-5-9-20(10-6-14)13-22-17(4)18(16(3)19-22)25(23,24)21-11-7-15(2)8-12-21/h14-15H,5-13H2,1-4H3/p+1. The highest BCUT2D eigenvalue weighted by Gasteiger charge is 2.33. The number of nitrogens with zero attached hydrogens (tertiary/aromatic N) is 3. The van der Waals surface area contributed by atoms with Crippen LogP contribution < -0.4 is 4.90 Å². The number of hydrogen-bond acceptors (Lipinski definition) is 3. The number of sulfonamides is 1. The van der Waals surface area contributed by atoms with E-state index >= 15 is 0 Å². The molecule has 6 nitrogen and oxygen atoms in total. The zero-order valence-electron chi connectivity index (χ0n) is 16.1. The van der Waals surface area contributed by atoms with Crippen LogP contribution in [0.5, 0.6) is 0 Å². The van der Waals surface area contributed by atoms with Crippen LogP contribution in [0.2, 0.25) is 0 Å². The Balaban J connectivity index is 1.79. The van der Waals surface area contributed by atoms with Crippen molar-refractivity contribution in [3.05, 3.63) is 11.4 Å². The molecular weight excluding hydrogens is 336 g/mol. The summed E-state index contributed by atoms with van der Waals surface area (Å²) < 4.78 is 29.9. The Labute approximate surface area is 152 Å². The Hall–Kier alpha value is -0.920. The monoisotopic (exact) mass is 369 g/mol. The van der Waals surface area contributed by atoms with Gasteiger partial charge in [-0.2, -0.15) is 9.40 Å². The quantitative estimate of drug-likeness (QED) is 0.867. The first-order valence-electron chi connectivity index (χ1n) is 9.66. The van der Waals surface area contributed by atoms with Gasteiger partial charge in [0.05, 0.1) is 24.5 Å². The summed E-state index contributed by atoms with van der Waals surface area (Å²) in [5, 5.41) is 4.59. The van der Waals surface area contributed by atoms with Crippen LogP contribution in [0.3, 0.4) is 0 Å². The summed E-state index contributed by atoms with van der Waals surface area (Å²) in [6.07, 6.45) is 4.38. The summed E-state index contributed by atoms with van der Waals surface area (Å²) in [6.45, 7) is 12.6. The largest absolute Gasteiger partial charge is 0.316 e. The van der Waals surface area contributed by atoms with Gasteiger partial charge in [-0.1, -0.05) is 13.8 Å². The normalized spacial score (nSPS) is 26.9. The summed E-state index contributed by atoms with van der Waals surface area (Å²) in [4.78, 5) is 1.94. The number of nitrogens with one attached hydrogen (secondary N) is 1. The lowest BCUT2D eigenvalue weighted by molar-refractivity contribution is -0.929. The first kappa shape index (κ1) is 18.9. The molecule has 2 saturated heterocycles. The van der Waals surface area contributed by atoms with Crippen LogP contribution in [0.25, 0.3) is 0 Å². The summed E-state index contributed by atoms with van der Waals surface area (Å²) in [5.41, 5.74) is 1.43. The van der Waals surface area contributed by atoms with Crippen molar-refractivity contribution in [2.75, 3.05) is 26.2 Å². The van der Waals surface area contributed by atoms with Crippen molar-refractivity contribution in [1.82, 2.24) is 14.1 Å². The molecule has 2 aliphatic heterocycles. The molecule has 0 bridgehead atoms. The van der Waals surface area contributed by atoms with Crippen molar-refractivity contribution in [2.45, 2.75) is 64.9 Å². The van der Waals surface area contributed by atoms with Crippen LogP contribution in [0.4, 0.5) is 0 Å². The first-order valence-corrected chi connectivity index (χ1v) is 11.1. The average molecular weight is 370 g/mol. The number of rotatable bonds is 4. The van der Waals surface area contributed by atoms with Crippen molar-refractivity contribution >= 4 is 10.0 Å². The fourth-order valence-corrected chi connectivity index (χ4v) is 5.94. The van der Waals surface area contributed by atoms with Crippen LogP contribution in [0.15, 0.2) is 4.90 Å². The van der Waals surface area contributed by atoms with Crippen LogP contribution in [-0.2, 0) is 16.7 Å². The SMILES string of the molecule is Cc1nn(C[NH+]2CCC(C)CC2)c(C)c1S(=O)(=O)N1CCC(C)CC1. The van der Waals surface area contributed by atoms with E-state index in [9.17, 15) is 8.42 Å². The van der Waals surface area contributed by atoms with E-state index in [-0.39, 0.29) is 0 Å². The Bertz CT molecular complexity index is 697. The highest BCUT2D eigenvalue weighted by atomic mass is 32.2. The average Bonchev–Trinajstić information content (AvgIpc) is 2.84. The molecule has 2 fully saturated rings. The predicted molar refractivity (Wildman–Crippen MR) is 98.0 cm³/mol. The van der Waals surface area contributed by atoms with E-state index in [1.165, 1.54) is 17.7 Å². The topological polar surface area (TPSA) is 59.6 Å². The maximum atomic E-state index is 13.1. The van der Waals surface area contributed by atoms with Gasteiger partial charge >= 0.3 is 0 Å². The van der Waals surface area contributed by atoms with Gasteiger partial charge < -0.3 is 4.90 Å². The highest BCUT2D eigenvalue weighted by Crippen LogP contribution is 2.27. The molecule has 0 spiro atoms. The Morgan fingerprint density at radius 3 is 2.20 bits per heavy atom. The Morgan fingerprint density at radius 2 is 1.60 bits per heavy atom. The van der Waals surface area contributed by atoms with Crippen molar-refractivity contribution < 1.29 is 13.3 Å². The second kappa shape index (κ2) is 7.37. The Morgan fingerprint density at radius 1 is 1.04 bits per heavy atom. The van der Waals surface area contributed by atoms with Gasteiger partial charge in [0.15, 0.2) is 6.67 Å². The molecule has 3 rings (SSSR count). The fourth-order valence-electron chi connectivity index (χ4n) is 4.10. The van der Waals surface area contributed by atoms with Crippen LogP contribution in [-0.4, -0.2) is 48.7 Å². The number of likely N-dealkylation sites (tertiary alicyclic amines) is 1. The third-order valence-corrected chi connectivity index (χ3v) is 8.16. The number of piperidine rings is 2. The maximum absolute atomic E-state index is 13.1. The molecule has 1 aromatic rings. The molecule has 0 aromatic carbocycles. The predicted octanol–water partition coefficient (Wildman–Crippen LogP) is 1.19. The van der Waals surface area contributed by atoms with Gasteiger partial charge in [-0.25, -0.2) is 13.1 Å². The van der Waals surface area contributed by atoms with Gasteiger partial charge in [0.2, 0.25) is 10.0 Å². The molecule has 1 aromatic heterocycles. The molecule has 3 heterocycles. The van der Waals surface area contributed by atoms with Crippen molar-refractivity contribution in [1.29, 1.82) is 0 Å². The lowest BCUT2D eigenvalue weighted by Gasteiger charge is -2.29. The number of hydrogen-bond donors (Lipinski definition) is 1. The molecule has 2 aliphatic rings. The highest BCUT2D eigenvalue weighted by molar-refractivity contribution is 7.89. The van der Waals surface area contributed by atoms with E-state index in [0.29, 0.717) is 29.6 Å². The maximum Gasteiger partial charge on any atom is 0.246 e. The number of quaternary nitrogens is 1. The van der Waals surface area contributed by atoms with Gasteiger partial charge in [0.25, 0.3) is 0 Å². The van der Waals surface area contributed by atoms with Gasteiger partial charge in [0, 0.05) is 13.1 Å². The molecule has 0 saturated carbocycles. The fraction of sp³-hybridized carbons (Fsp3) is 0.833. The summed E-state index contributed by atoms with van der Waals surface area (Å²) in [6, 6.07) is 0. The molecule has 0 aliphatic carbocycles. The summed E-state index contributed by atoms with van der Waals surface area (Å²) >= 11 is 0. The molecule has 0 atom stereocenters. The van der Waals surface area contributed by atoms with Crippen LogP contribution >= 0.6 is 0 Å². The summed E-state index contributed by atoms with van der Waals surface area (Å²) in [7, 11) is -3.43. The van der Waals surface area contributed by atoms with Crippen molar-refractivity contribution in [3.63, 3.8) is 0 Å². The number of aryl methyl sites for hydroxylation is 1. The molecule has 7 heteroatoms. The van der Waals surface area contributed by atoms with Crippen LogP contribution in [0, 0.1) is 25.7 Å². The Kier molecular flexibility index (Phi) is 5.56. The molecule has 25 heavy (non-hydrogen) atoms. The van der Waals surface area contributed by atoms with E-state index in [1.807, 2.05) is 18.5 Å². The van der Waals surface area contributed by atoms with Gasteiger partial charge in [-0.15, -0.1) is 0 Å². The zero-order chi connectivity index (χ0) is 18.2. The third-order valence-electron chi connectivity index (χ3n) is 6.01. The first-order chi connectivity index (χ1) is 11.8. The molecule has 0 unspecified atom stereocenters. The molecule has 0 radical (unpaired) electrons.